The Morgan fingerprint density at radius 2 is 0.809 bits per heavy atom. The van der Waals surface area contributed by atoms with Crippen molar-refractivity contribution < 1.29 is 41.4 Å². The van der Waals surface area contributed by atoms with Gasteiger partial charge in [-0.2, -0.15) is 0 Å². The molecule has 47 heavy (non-hydrogen) atoms. The zero-order valence-corrected chi connectivity index (χ0v) is 23.5. The van der Waals surface area contributed by atoms with Crippen LogP contribution < -0.4 is 0 Å². The molecule has 0 amide bonds. The highest BCUT2D eigenvalue weighted by Crippen LogP contribution is 2.50. The fourth-order valence-electron chi connectivity index (χ4n) is 6.09. The predicted molar refractivity (Wildman–Crippen MR) is 200 cm³/mol. The van der Waals surface area contributed by atoms with Crippen LogP contribution in [-0.4, -0.2) is 0 Å². The molecule has 0 atom stereocenters. The summed E-state index contributed by atoms with van der Waals surface area (Å²) >= 11 is 0. The van der Waals surface area contributed by atoms with E-state index < -0.39 is 262 Å². The van der Waals surface area contributed by atoms with Gasteiger partial charge in [0.2, 0.25) is 0 Å². The number of rotatable bonds is 3. The summed E-state index contributed by atoms with van der Waals surface area (Å²) in [6, 6.07) is -23.9. The summed E-state index contributed by atoms with van der Waals surface area (Å²) in [5, 5.41) is -6.55. The van der Waals surface area contributed by atoms with E-state index >= 15 is 0 Å². The number of furan rings is 1. The Morgan fingerprint density at radius 1 is 0.319 bits per heavy atom. The van der Waals surface area contributed by atoms with Gasteiger partial charge < -0.3 is 4.42 Å². The molecule has 0 aliphatic heterocycles. The molecule has 9 aromatic carbocycles. The number of fused-ring (bicyclic) bond motifs is 7. The van der Waals surface area contributed by atoms with E-state index in [2.05, 4.69) is 0 Å². The molecule has 0 N–H and O–H groups in total. The molecule has 0 aliphatic carbocycles. The van der Waals surface area contributed by atoms with Gasteiger partial charge in [0.15, 0.2) is 0 Å². The van der Waals surface area contributed by atoms with E-state index in [1.807, 2.05) is 0 Å². The second kappa shape index (κ2) is 10.2. The van der Waals surface area contributed by atoms with Crippen molar-refractivity contribution in [2.24, 2.45) is 0 Å². The first-order valence-corrected chi connectivity index (χ1v) is 14.0. The lowest BCUT2D eigenvalue weighted by molar-refractivity contribution is 0.669. The summed E-state index contributed by atoms with van der Waals surface area (Å²) in [7, 11) is 0. The van der Waals surface area contributed by atoms with E-state index in [4.69, 9.17) is 29.1 Å². The van der Waals surface area contributed by atoms with E-state index in [0.29, 0.717) is 0 Å². The Bertz CT molecular complexity index is 4370. The van der Waals surface area contributed by atoms with Crippen molar-refractivity contribution in [1.29, 1.82) is 0 Å². The van der Waals surface area contributed by atoms with Gasteiger partial charge in [0.25, 0.3) is 0 Å². The first-order chi connectivity index (χ1) is 34.6. The first kappa shape index (κ1) is 11.0. The number of hydrogen-bond acceptors (Lipinski definition) is 1. The third-order valence-corrected chi connectivity index (χ3v) is 7.96. The highest BCUT2D eigenvalue weighted by molar-refractivity contribution is 6.29. The molecule has 10 aromatic rings. The average molecular weight is 624 g/mol. The zero-order chi connectivity index (χ0) is 54.4. The highest BCUT2D eigenvalue weighted by atomic mass is 16.3. The minimum atomic E-state index is -1.02. The van der Waals surface area contributed by atoms with Crippen LogP contribution in [0.3, 0.4) is 0 Å². The van der Waals surface area contributed by atoms with Gasteiger partial charge in [-0.3, -0.25) is 0 Å². The molecule has 0 saturated heterocycles. The normalized spacial score (nSPS) is 19.9. The van der Waals surface area contributed by atoms with E-state index in [1.165, 1.54) is 0 Å². The fraction of sp³-hybridized carbons (Fsp3) is 0. The molecule has 0 saturated carbocycles. The van der Waals surface area contributed by atoms with Gasteiger partial charge in [-0.25, -0.2) is 0 Å². The monoisotopic (exact) mass is 623 g/mol. The molecule has 1 heteroatoms. The van der Waals surface area contributed by atoms with Crippen molar-refractivity contribution in [3.8, 4) is 33.4 Å². The Morgan fingerprint density at radius 3 is 1.53 bits per heavy atom. The van der Waals surface area contributed by atoms with Gasteiger partial charge in [0, 0.05) is 10.8 Å². The second-order valence-electron chi connectivity index (χ2n) is 10.3. The lowest BCUT2D eigenvalue weighted by atomic mass is 9.81. The van der Waals surface area contributed by atoms with Crippen molar-refractivity contribution >= 4 is 65.0 Å². The van der Waals surface area contributed by atoms with Crippen molar-refractivity contribution in [2.45, 2.75) is 0 Å². The van der Waals surface area contributed by atoms with E-state index in [0.717, 1.165) is 6.07 Å². The number of hydrogen-bond donors (Lipinski definition) is 0. The third kappa shape index (κ3) is 3.84. The summed E-state index contributed by atoms with van der Waals surface area (Å²) in [4.78, 5) is 0. The van der Waals surface area contributed by atoms with Crippen LogP contribution in [0.5, 0.6) is 0 Å². The van der Waals surface area contributed by atoms with E-state index in [9.17, 15) is 12.3 Å². The molecule has 10 rings (SSSR count). The Labute approximate surface area is 309 Å². The average Bonchev–Trinajstić information content (AvgIpc) is 3.77. The maximum Gasteiger partial charge on any atom is 0.136 e. The summed E-state index contributed by atoms with van der Waals surface area (Å²) in [5.41, 5.74) is -5.35. The predicted octanol–water partition coefficient (Wildman–Crippen LogP) is 13.2. The molecule has 218 valence electrons. The largest absolute Gasteiger partial charge is 0.456 e. The van der Waals surface area contributed by atoms with Crippen molar-refractivity contribution in [3.05, 3.63) is 169 Å². The molecule has 0 bridgehead atoms. The molecule has 0 spiro atoms. The van der Waals surface area contributed by atoms with Crippen molar-refractivity contribution in [2.75, 3.05) is 0 Å². The van der Waals surface area contributed by atoms with Gasteiger partial charge in [-0.15, -0.1) is 0 Å². The smallest absolute Gasteiger partial charge is 0.136 e. The molecule has 1 nitrogen and oxygen atoms in total. The van der Waals surface area contributed by atoms with Crippen LogP contribution in [0.25, 0.3) is 98.4 Å². The van der Waals surface area contributed by atoms with Crippen LogP contribution in [0.1, 0.15) is 37.0 Å². The Hall–Kier alpha value is -6.18. The highest BCUT2D eigenvalue weighted by Gasteiger charge is 2.23. The summed E-state index contributed by atoms with van der Waals surface area (Å²) < 4.78 is 251. The van der Waals surface area contributed by atoms with Crippen LogP contribution in [0.4, 0.5) is 0 Å². The standard InChI is InChI=1S/C46H28O/c1-3-17-31-29(13-1)15-9-22-33(31)43-35-19-5-6-20-37(35)45(34-23-10-16-30-14-2-4-18-32(30)34)46-38(24-11-26-40(43)46)36-25-12-28-42-44(36)39-21-7-8-27-41(39)47-42/h1-28H/i1D,2D,3D,4D,5D,6D,7D,8D,9D,10D,11D,12D,13D,14D,15D,16D,17D,18D,19D,20D,21D,22D,23D,25D,26D,27D,28D. The lowest BCUT2D eigenvalue weighted by Crippen LogP contribution is -1.94. The van der Waals surface area contributed by atoms with Gasteiger partial charge in [0.05, 0.1) is 37.0 Å². The summed E-state index contributed by atoms with van der Waals surface area (Å²) in [5.74, 6) is 0. The third-order valence-electron chi connectivity index (χ3n) is 7.96. The fourth-order valence-corrected chi connectivity index (χ4v) is 6.09. The quantitative estimate of drug-likeness (QED) is 0.178. The topological polar surface area (TPSA) is 13.1 Å². The second-order valence-corrected chi connectivity index (χ2v) is 10.3. The van der Waals surface area contributed by atoms with Crippen LogP contribution >= 0.6 is 0 Å². The molecule has 0 unspecified atom stereocenters. The molecule has 0 aliphatic rings. The minimum Gasteiger partial charge on any atom is -0.456 e. The maximum absolute atomic E-state index is 9.83. The minimum absolute atomic E-state index is 0.477. The van der Waals surface area contributed by atoms with E-state index in [1.54, 1.807) is 0 Å². The summed E-state index contributed by atoms with van der Waals surface area (Å²) in [6.07, 6.45) is 0. The summed E-state index contributed by atoms with van der Waals surface area (Å²) in [6.45, 7) is 0. The molecule has 1 heterocycles. The Kier molecular flexibility index (Phi) is 2.37. The zero-order valence-electron chi connectivity index (χ0n) is 50.5. The van der Waals surface area contributed by atoms with Gasteiger partial charge in [-0.05, 0) is 88.6 Å². The van der Waals surface area contributed by atoms with E-state index in [-0.39, 0.29) is 0 Å². The maximum atomic E-state index is 9.83. The van der Waals surface area contributed by atoms with Gasteiger partial charge in [0.1, 0.15) is 11.2 Å². The Balaban J connectivity index is 1.69. The van der Waals surface area contributed by atoms with Crippen LogP contribution in [0.15, 0.2) is 174 Å². The molecule has 1 aromatic heterocycles. The van der Waals surface area contributed by atoms with Crippen LogP contribution in [0, 0.1) is 0 Å². The molecule has 0 radical (unpaired) electrons. The van der Waals surface area contributed by atoms with Crippen molar-refractivity contribution in [3.63, 3.8) is 0 Å². The van der Waals surface area contributed by atoms with Gasteiger partial charge in [-0.1, -0.05) is 157 Å². The van der Waals surface area contributed by atoms with Crippen molar-refractivity contribution in [1.82, 2.24) is 0 Å². The van der Waals surface area contributed by atoms with Crippen LogP contribution in [-0.2, 0) is 0 Å². The number of para-hydroxylation sites is 1. The molecule has 0 fully saturated rings. The number of benzene rings is 9. The lowest BCUT2D eigenvalue weighted by Gasteiger charge is -2.22. The molecular weight excluding hydrogens is 569 g/mol. The first-order valence-electron chi connectivity index (χ1n) is 27.5. The molecular formula is C46H28O. The van der Waals surface area contributed by atoms with Gasteiger partial charge >= 0.3 is 0 Å². The SMILES string of the molecule is [2H]c1cc(-c2c([2H])c([2H])c([2H])c3oc4c([2H])c([2H])c([2H])c([2H])c4c23)c2c(-c3c([2H])c([2H])c([2H])c4c([2H])c([2H])c([2H])c([2H])c34)c3c([2H])c([2H])c([2H])c([2H])c3c(-c3c([2H])c([2H])c([2H])c4c([2H])c([2H])c([2H])c([2H])c34)c2c1[2H]. The van der Waals surface area contributed by atoms with Crippen LogP contribution in [0.2, 0.25) is 0 Å².